The average molecular weight is 466 g/mol. The van der Waals surface area contributed by atoms with E-state index in [1.54, 1.807) is 0 Å². The van der Waals surface area contributed by atoms with Gasteiger partial charge in [-0.15, -0.1) is 10.2 Å². The third-order valence-corrected chi connectivity index (χ3v) is 7.72. The van der Waals surface area contributed by atoms with Crippen LogP contribution in [0.3, 0.4) is 0 Å². The van der Waals surface area contributed by atoms with Crippen molar-refractivity contribution < 1.29 is 14.4 Å². The van der Waals surface area contributed by atoms with E-state index in [1.165, 1.54) is 16.2 Å². The van der Waals surface area contributed by atoms with Crippen molar-refractivity contribution >= 4 is 34.3 Å². The number of aromatic nitrogens is 2. The molecule has 3 aliphatic carbocycles. The summed E-state index contributed by atoms with van der Waals surface area (Å²) in [6.07, 6.45) is 7.37. The van der Waals surface area contributed by atoms with Gasteiger partial charge in [0, 0.05) is 12.8 Å². The van der Waals surface area contributed by atoms with Crippen molar-refractivity contribution in [2.24, 2.45) is 23.7 Å². The molecule has 1 saturated heterocycles. The summed E-state index contributed by atoms with van der Waals surface area (Å²) in [5, 5.41) is 14.9. The maximum atomic E-state index is 13.5. The molecule has 1 saturated carbocycles. The van der Waals surface area contributed by atoms with Crippen LogP contribution in [-0.2, 0) is 22.4 Å². The van der Waals surface area contributed by atoms with E-state index in [2.05, 4.69) is 39.9 Å². The van der Waals surface area contributed by atoms with E-state index >= 15 is 0 Å². The summed E-state index contributed by atoms with van der Waals surface area (Å²) >= 11 is 1.33. The first-order chi connectivity index (χ1) is 16.0. The number of aryl methyl sites for hydroxylation is 1. The van der Waals surface area contributed by atoms with Gasteiger partial charge in [0.05, 0.1) is 11.8 Å². The summed E-state index contributed by atoms with van der Waals surface area (Å²) in [5.41, 5.74) is 0.931. The van der Waals surface area contributed by atoms with Crippen LogP contribution in [0.5, 0.6) is 0 Å². The van der Waals surface area contributed by atoms with Crippen LogP contribution in [0.4, 0.5) is 9.93 Å². The summed E-state index contributed by atoms with van der Waals surface area (Å²) in [6.45, 7) is 2.05. The van der Waals surface area contributed by atoms with Gasteiger partial charge in [-0.2, -0.15) is 0 Å². The Hall–Kier alpha value is -3.07. The Bertz CT molecular complexity index is 1050. The van der Waals surface area contributed by atoms with Gasteiger partial charge in [-0.25, -0.2) is 4.79 Å². The second kappa shape index (κ2) is 9.05. The summed E-state index contributed by atoms with van der Waals surface area (Å²) in [4.78, 5) is 41.1. The number of allylic oxidation sites excluding steroid dienone is 2. The average Bonchev–Trinajstić information content (AvgIpc) is 3.37. The normalized spacial score (nSPS) is 26.4. The Morgan fingerprint density at radius 2 is 1.76 bits per heavy atom. The first kappa shape index (κ1) is 21.8. The molecule has 6 rings (SSSR count). The van der Waals surface area contributed by atoms with Gasteiger partial charge < -0.3 is 5.32 Å². The van der Waals surface area contributed by atoms with Crippen LogP contribution in [-0.4, -0.2) is 39.1 Å². The number of rotatable bonds is 7. The van der Waals surface area contributed by atoms with E-state index in [-0.39, 0.29) is 35.5 Å². The van der Waals surface area contributed by atoms with Gasteiger partial charge in [0.25, 0.3) is 0 Å². The molecule has 1 aliphatic heterocycles. The fourth-order valence-electron chi connectivity index (χ4n) is 5.35. The summed E-state index contributed by atoms with van der Waals surface area (Å²) < 4.78 is 0. The zero-order chi connectivity index (χ0) is 22.9. The molecule has 9 heteroatoms. The highest BCUT2D eigenvalue weighted by Crippen LogP contribution is 2.50. The Kier molecular flexibility index (Phi) is 5.97. The predicted octanol–water partition coefficient (Wildman–Crippen LogP) is 3.38. The lowest BCUT2D eigenvalue weighted by atomic mass is 9.63. The molecule has 4 amide bonds. The molecule has 33 heavy (non-hydrogen) atoms. The number of hydrogen-bond donors (Lipinski definition) is 2. The molecular formula is C24H27N5O3S. The number of imide groups is 1. The highest BCUT2D eigenvalue weighted by molar-refractivity contribution is 7.15. The quantitative estimate of drug-likeness (QED) is 0.482. The number of carbonyl (C=O) groups excluding carboxylic acids is 3. The number of fused-ring (bicyclic) bond motifs is 1. The van der Waals surface area contributed by atoms with Crippen LogP contribution in [0.2, 0.25) is 0 Å². The van der Waals surface area contributed by atoms with Crippen LogP contribution < -0.4 is 10.6 Å². The number of likely N-dealkylation sites (tertiary alicyclic amines) is 1. The van der Waals surface area contributed by atoms with Gasteiger partial charge in [-0.1, -0.05) is 60.7 Å². The predicted molar refractivity (Wildman–Crippen MR) is 124 cm³/mol. The lowest BCUT2D eigenvalue weighted by molar-refractivity contribution is -0.143. The number of anilines is 1. The molecule has 2 N–H and O–H groups in total. The van der Waals surface area contributed by atoms with Crippen molar-refractivity contribution in [1.29, 1.82) is 0 Å². The molecular weight excluding hydrogens is 438 g/mol. The number of amides is 4. The number of carbonyl (C=O) groups is 3. The number of urea groups is 1. The highest BCUT2D eigenvalue weighted by atomic mass is 32.1. The lowest BCUT2D eigenvalue weighted by Gasteiger charge is -2.38. The smallest absolute Gasteiger partial charge is 0.317 e. The van der Waals surface area contributed by atoms with E-state index in [0.717, 1.165) is 36.3 Å². The third kappa shape index (κ3) is 4.17. The molecule has 172 valence electrons. The van der Waals surface area contributed by atoms with Crippen molar-refractivity contribution in [3.8, 4) is 0 Å². The van der Waals surface area contributed by atoms with E-state index in [1.807, 2.05) is 30.3 Å². The largest absolute Gasteiger partial charge is 0.322 e. The zero-order valence-corrected chi connectivity index (χ0v) is 19.3. The second-order valence-electron chi connectivity index (χ2n) is 8.94. The molecule has 4 aliphatic rings. The lowest BCUT2D eigenvalue weighted by Crippen LogP contribution is -2.53. The minimum Gasteiger partial charge on any atom is -0.317 e. The first-order valence-electron chi connectivity index (χ1n) is 11.5. The zero-order valence-electron chi connectivity index (χ0n) is 18.4. The molecule has 8 nitrogen and oxygen atoms in total. The second-order valence-corrected chi connectivity index (χ2v) is 10.0. The number of benzene rings is 1. The number of hydrogen-bond acceptors (Lipinski definition) is 6. The third-order valence-electron chi connectivity index (χ3n) is 6.83. The molecule has 2 fully saturated rings. The standard InChI is InChI=1S/C24H27N5O3S/c1-2-6-18-27-28-24(33-18)26-23(32)25-17(13-14-7-4-3-5-8-14)29-21(30)19-15-9-10-16(12-11-15)20(19)22(29)31/h3-5,7-10,15-17,19-20H,2,6,11-13H2,1H3,(H2,25,26,28,32)/t15-,16-,17-,19-,20+/m0/s1. The van der Waals surface area contributed by atoms with E-state index < -0.39 is 12.2 Å². The molecule has 2 aromatic rings. The maximum Gasteiger partial charge on any atom is 0.322 e. The maximum absolute atomic E-state index is 13.5. The topological polar surface area (TPSA) is 104 Å². The molecule has 1 aromatic heterocycles. The van der Waals surface area contributed by atoms with Crippen LogP contribution in [0, 0.1) is 23.7 Å². The fraction of sp³-hybridized carbons (Fsp3) is 0.458. The van der Waals surface area contributed by atoms with Gasteiger partial charge in [0.15, 0.2) is 0 Å². The van der Waals surface area contributed by atoms with Crippen molar-refractivity contribution in [1.82, 2.24) is 20.4 Å². The number of nitrogens with zero attached hydrogens (tertiary/aromatic N) is 3. The van der Waals surface area contributed by atoms with Crippen LogP contribution in [0.15, 0.2) is 42.5 Å². The van der Waals surface area contributed by atoms with Gasteiger partial charge in [0.1, 0.15) is 11.2 Å². The summed E-state index contributed by atoms with van der Waals surface area (Å²) in [6, 6.07) is 9.06. The first-order valence-corrected chi connectivity index (χ1v) is 12.4. The minimum atomic E-state index is -0.777. The van der Waals surface area contributed by atoms with Gasteiger partial charge in [-0.3, -0.25) is 19.8 Å². The van der Waals surface area contributed by atoms with Gasteiger partial charge in [0.2, 0.25) is 16.9 Å². The SMILES string of the molecule is CCCc1nnc(NC(=O)N[C@H](Cc2ccccc2)N2C(=O)[C@@H]3[C@H](C2=O)[C@H]2C=C[C@H]3CC2)s1. The van der Waals surface area contributed by atoms with Crippen molar-refractivity contribution in [2.75, 3.05) is 5.32 Å². The Labute approximate surface area is 196 Å². The number of nitrogens with one attached hydrogen (secondary N) is 2. The minimum absolute atomic E-state index is 0.103. The highest BCUT2D eigenvalue weighted by Gasteiger charge is 2.58. The molecule has 1 aromatic carbocycles. The van der Waals surface area contributed by atoms with Crippen LogP contribution >= 0.6 is 11.3 Å². The Morgan fingerprint density at radius 1 is 1.09 bits per heavy atom. The van der Waals surface area contributed by atoms with E-state index in [9.17, 15) is 14.4 Å². The van der Waals surface area contributed by atoms with Crippen molar-refractivity contribution in [2.45, 2.75) is 45.2 Å². The molecule has 2 bridgehead atoms. The van der Waals surface area contributed by atoms with E-state index in [4.69, 9.17) is 0 Å². The fourth-order valence-corrected chi connectivity index (χ4v) is 6.19. The molecule has 0 unspecified atom stereocenters. The van der Waals surface area contributed by atoms with Crippen molar-refractivity contribution in [3.63, 3.8) is 0 Å². The van der Waals surface area contributed by atoms with Crippen LogP contribution in [0.1, 0.15) is 36.8 Å². The Morgan fingerprint density at radius 3 is 2.36 bits per heavy atom. The summed E-state index contributed by atoms with van der Waals surface area (Å²) in [5.74, 6) is -0.775. The van der Waals surface area contributed by atoms with Crippen LogP contribution in [0.25, 0.3) is 0 Å². The molecule has 2 heterocycles. The van der Waals surface area contributed by atoms with E-state index in [0.29, 0.717) is 11.6 Å². The van der Waals surface area contributed by atoms with Crippen molar-refractivity contribution in [3.05, 3.63) is 53.1 Å². The van der Waals surface area contributed by atoms with Gasteiger partial charge >= 0.3 is 6.03 Å². The monoisotopic (exact) mass is 465 g/mol. The summed E-state index contributed by atoms with van der Waals surface area (Å²) in [7, 11) is 0. The molecule has 0 spiro atoms. The molecule has 0 radical (unpaired) electrons. The van der Waals surface area contributed by atoms with Gasteiger partial charge in [-0.05, 0) is 36.7 Å². The molecule has 5 atom stereocenters. The Balaban J connectivity index is 1.37.